The van der Waals surface area contributed by atoms with Gasteiger partial charge in [0, 0.05) is 11.3 Å². The normalized spacial score (nSPS) is 35.6. The van der Waals surface area contributed by atoms with Gasteiger partial charge in [0.1, 0.15) is 0 Å². The van der Waals surface area contributed by atoms with Gasteiger partial charge < -0.3 is 5.11 Å². The van der Waals surface area contributed by atoms with Gasteiger partial charge in [-0.3, -0.25) is 0 Å². The monoisotopic (exact) mass is 266 g/mol. The number of rotatable bonds is 0. The van der Waals surface area contributed by atoms with Crippen molar-refractivity contribution >= 4 is 5.57 Å². The molecule has 0 spiro atoms. The Balaban J connectivity index is 1.88. The largest absolute Gasteiger partial charge is 0.392 e. The van der Waals surface area contributed by atoms with E-state index in [1.807, 2.05) is 0 Å². The minimum atomic E-state index is -0.203. The summed E-state index contributed by atoms with van der Waals surface area (Å²) >= 11 is 0. The van der Waals surface area contributed by atoms with E-state index in [0.717, 1.165) is 32.1 Å². The summed E-state index contributed by atoms with van der Waals surface area (Å²) in [6.07, 6.45) is 5.09. The van der Waals surface area contributed by atoms with E-state index in [0.29, 0.717) is 5.92 Å². The molecule has 3 aliphatic rings. The van der Waals surface area contributed by atoms with Crippen LogP contribution in [-0.2, 0) is 6.42 Å². The SMILES string of the molecule is C=C1C[C@@H](O)[C@@]2(C)CCC3=C(CCc4ccccc43)[C@H]12. The van der Waals surface area contributed by atoms with Crippen molar-refractivity contribution in [1.29, 1.82) is 0 Å². The van der Waals surface area contributed by atoms with Crippen molar-refractivity contribution in [1.82, 2.24) is 0 Å². The Kier molecular flexibility index (Phi) is 2.53. The Labute approximate surface area is 121 Å². The van der Waals surface area contributed by atoms with E-state index in [1.165, 1.54) is 16.7 Å². The number of fused-ring (bicyclic) bond motifs is 4. The molecule has 1 N–H and O–H groups in total. The van der Waals surface area contributed by atoms with Crippen LogP contribution in [0.4, 0.5) is 0 Å². The lowest BCUT2D eigenvalue weighted by atomic mass is 9.62. The summed E-state index contributed by atoms with van der Waals surface area (Å²) in [5.41, 5.74) is 7.39. The van der Waals surface area contributed by atoms with Crippen LogP contribution in [-0.4, -0.2) is 11.2 Å². The molecule has 1 saturated carbocycles. The van der Waals surface area contributed by atoms with E-state index in [-0.39, 0.29) is 11.5 Å². The second-order valence-electron chi connectivity index (χ2n) is 6.98. The molecular weight excluding hydrogens is 244 g/mol. The maximum Gasteiger partial charge on any atom is 0.0639 e. The standard InChI is InChI=1S/C19H22O/c1-12-11-17(20)19(2)10-9-15-14-6-4-3-5-13(14)7-8-16(15)18(12)19/h3-6,17-18,20H,1,7-11H2,2H3/t17-,18+,19-/m1/s1. The van der Waals surface area contributed by atoms with Gasteiger partial charge in [-0.05, 0) is 48.8 Å². The average molecular weight is 266 g/mol. The van der Waals surface area contributed by atoms with Crippen molar-refractivity contribution in [3.63, 3.8) is 0 Å². The van der Waals surface area contributed by atoms with E-state index in [9.17, 15) is 5.11 Å². The summed E-state index contributed by atoms with van der Waals surface area (Å²) < 4.78 is 0. The highest BCUT2D eigenvalue weighted by Crippen LogP contribution is 2.59. The zero-order valence-electron chi connectivity index (χ0n) is 12.2. The molecule has 1 fully saturated rings. The van der Waals surface area contributed by atoms with Crippen LogP contribution in [0.2, 0.25) is 0 Å². The minimum Gasteiger partial charge on any atom is -0.392 e. The number of hydrogen-bond donors (Lipinski definition) is 1. The third-order valence-electron chi connectivity index (χ3n) is 5.94. The predicted molar refractivity (Wildman–Crippen MR) is 82.3 cm³/mol. The highest BCUT2D eigenvalue weighted by atomic mass is 16.3. The first-order valence-corrected chi connectivity index (χ1v) is 7.77. The van der Waals surface area contributed by atoms with Gasteiger partial charge in [0.25, 0.3) is 0 Å². The second-order valence-corrected chi connectivity index (χ2v) is 6.98. The molecule has 4 rings (SSSR count). The summed E-state index contributed by atoms with van der Waals surface area (Å²) in [6.45, 7) is 6.56. The molecule has 0 radical (unpaired) electrons. The molecule has 0 saturated heterocycles. The quantitative estimate of drug-likeness (QED) is 0.700. The summed E-state index contributed by atoms with van der Waals surface area (Å²) in [6, 6.07) is 8.85. The van der Waals surface area contributed by atoms with Gasteiger partial charge in [0.05, 0.1) is 6.10 Å². The fraction of sp³-hybridized carbons (Fsp3) is 0.474. The molecule has 1 heteroatoms. The first kappa shape index (κ1) is 12.4. The minimum absolute atomic E-state index is 0.0300. The fourth-order valence-electron chi connectivity index (χ4n) is 4.85. The lowest BCUT2D eigenvalue weighted by molar-refractivity contribution is 0.0385. The summed E-state index contributed by atoms with van der Waals surface area (Å²) in [5.74, 6) is 0.412. The average Bonchev–Trinajstić information content (AvgIpc) is 2.69. The fourth-order valence-corrected chi connectivity index (χ4v) is 4.85. The molecule has 1 nitrogen and oxygen atoms in total. The van der Waals surface area contributed by atoms with E-state index in [4.69, 9.17) is 0 Å². The maximum absolute atomic E-state index is 10.5. The van der Waals surface area contributed by atoms with Crippen LogP contribution in [0.5, 0.6) is 0 Å². The predicted octanol–water partition coefficient (Wildman–Crippen LogP) is 4.12. The van der Waals surface area contributed by atoms with Crippen LogP contribution in [0.1, 0.15) is 43.7 Å². The molecule has 1 aromatic carbocycles. The molecule has 0 bridgehead atoms. The first-order chi connectivity index (χ1) is 9.61. The van der Waals surface area contributed by atoms with E-state index in [2.05, 4.69) is 37.8 Å². The second kappa shape index (κ2) is 4.08. The van der Waals surface area contributed by atoms with Crippen molar-refractivity contribution in [2.75, 3.05) is 0 Å². The van der Waals surface area contributed by atoms with Gasteiger partial charge in [0.15, 0.2) is 0 Å². The molecule has 1 aromatic rings. The molecule has 20 heavy (non-hydrogen) atoms. The van der Waals surface area contributed by atoms with Gasteiger partial charge in [-0.1, -0.05) is 48.9 Å². The number of benzene rings is 1. The topological polar surface area (TPSA) is 20.2 Å². The molecular formula is C19H22O. The highest BCUT2D eigenvalue weighted by molar-refractivity contribution is 5.75. The van der Waals surface area contributed by atoms with Crippen LogP contribution in [0.25, 0.3) is 5.57 Å². The Hall–Kier alpha value is -1.34. The van der Waals surface area contributed by atoms with Crippen molar-refractivity contribution in [2.24, 2.45) is 11.3 Å². The number of aryl methyl sites for hydroxylation is 1. The van der Waals surface area contributed by atoms with Gasteiger partial charge in [-0.2, -0.15) is 0 Å². The third kappa shape index (κ3) is 1.47. The highest BCUT2D eigenvalue weighted by Gasteiger charge is 2.52. The van der Waals surface area contributed by atoms with Crippen LogP contribution in [0, 0.1) is 11.3 Å². The van der Waals surface area contributed by atoms with Gasteiger partial charge in [-0.15, -0.1) is 0 Å². The maximum atomic E-state index is 10.5. The Morgan fingerprint density at radius 1 is 1.20 bits per heavy atom. The van der Waals surface area contributed by atoms with Gasteiger partial charge in [0.2, 0.25) is 0 Å². The summed E-state index contributed by atoms with van der Waals surface area (Å²) in [5, 5.41) is 10.5. The molecule has 0 amide bonds. The Morgan fingerprint density at radius 3 is 2.85 bits per heavy atom. The molecule has 0 unspecified atom stereocenters. The Bertz CT molecular complexity index is 624. The smallest absolute Gasteiger partial charge is 0.0639 e. The van der Waals surface area contributed by atoms with Gasteiger partial charge in [-0.25, -0.2) is 0 Å². The zero-order chi connectivity index (χ0) is 13.9. The van der Waals surface area contributed by atoms with Crippen LogP contribution in [0.3, 0.4) is 0 Å². The summed E-state index contributed by atoms with van der Waals surface area (Å²) in [4.78, 5) is 0. The van der Waals surface area contributed by atoms with Crippen molar-refractivity contribution < 1.29 is 5.11 Å². The van der Waals surface area contributed by atoms with Crippen LogP contribution in [0.15, 0.2) is 42.0 Å². The lowest BCUT2D eigenvalue weighted by Gasteiger charge is -2.43. The van der Waals surface area contributed by atoms with E-state index in [1.54, 1.807) is 11.1 Å². The van der Waals surface area contributed by atoms with Crippen molar-refractivity contribution in [3.8, 4) is 0 Å². The third-order valence-corrected chi connectivity index (χ3v) is 5.94. The van der Waals surface area contributed by atoms with Crippen molar-refractivity contribution in [2.45, 2.75) is 45.1 Å². The molecule has 104 valence electrons. The van der Waals surface area contributed by atoms with Gasteiger partial charge >= 0.3 is 0 Å². The van der Waals surface area contributed by atoms with Crippen LogP contribution < -0.4 is 0 Å². The van der Waals surface area contributed by atoms with E-state index < -0.39 is 0 Å². The Morgan fingerprint density at radius 2 is 2.00 bits per heavy atom. The molecule has 0 aliphatic heterocycles. The van der Waals surface area contributed by atoms with E-state index >= 15 is 0 Å². The molecule has 0 aromatic heterocycles. The lowest BCUT2D eigenvalue weighted by Crippen LogP contribution is -2.37. The number of hydrogen-bond acceptors (Lipinski definition) is 1. The first-order valence-electron chi connectivity index (χ1n) is 7.77. The number of aliphatic hydroxyl groups excluding tert-OH is 1. The van der Waals surface area contributed by atoms with Crippen molar-refractivity contribution in [3.05, 3.63) is 53.1 Å². The zero-order valence-corrected chi connectivity index (χ0v) is 12.2. The van der Waals surface area contributed by atoms with Crippen LogP contribution >= 0.6 is 0 Å². The molecule has 3 atom stereocenters. The molecule has 3 aliphatic carbocycles. The summed E-state index contributed by atoms with van der Waals surface area (Å²) in [7, 11) is 0. The molecule has 0 heterocycles. The number of aliphatic hydroxyl groups is 1. The number of allylic oxidation sites excluding steroid dienone is 2.